The predicted octanol–water partition coefficient (Wildman–Crippen LogP) is 8.15. The van der Waals surface area contributed by atoms with Gasteiger partial charge in [-0.2, -0.15) is 0 Å². The summed E-state index contributed by atoms with van der Waals surface area (Å²) < 4.78 is 15.0. The van der Waals surface area contributed by atoms with Crippen molar-refractivity contribution >= 4 is 47.6 Å². The van der Waals surface area contributed by atoms with Crippen LogP contribution in [-0.2, 0) is 32.6 Å². The topological polar surface area (TPSA) is 155 Å². The maximum atomic E-state index is 13.5. The number of carbonyl (C=O) groups is 1. The molecular weight excluding hydrogens is 793 g/mol. The first-order valence-corrected chi connectivity index (χ1v) is 25.7. The van der Waals surface area contributed by atoms with Gasteiger partial charge in [0.25, 0.3) is 0 Å². The molecular formula is C46H62N6O6SSi. The van der Waals surface area contributed by atoms with Gasteiger partial charge < -0.3 is 34.6 Å². The van der Waals surface area contributed by atoms with Crippen LogP contribution in [0.5, 0.6) is 5.75 Å². The Bertz CT molecular complexity index is 2330. The van der Waals surface area contributed by atoms with Crippen LogP contribution in [0.2, 0.25) is 18.1 Å². The molecule has 1 aliphatic heterocycles. The number of esters is 1. The fraction of sp³-hybridized carbons (Fsp3) is 0.565. The largest absolute Gasteiger partial charge is 0.506 e. The number of carbonyl (C=O) groups excluding carboxylic acids is 1. The first-order valence-electron chi connectivity index (χ1n) is 21.9. The summed E-state index contributed by atoms with van der Waals surface area (Å²) in [6, 6.07) is 16.9. The van der Waals surface area contributed by atoms with Crippen molar-refractivity contribution in [1.29, 1.82) is 0 Å². The number of benzene rings is 2. The number of piperidine rings is 1. The molecule has 2 saturated carbocycles. The fourth-order valence-electron chi connectivity index (χ4n) is 9.57. The lowest BCUT2D eigenvalue weighted by Crippen LogP contribution is -2.52. The zero-order valence-electron chi connectivity index (χ0n) is 35.8. The molecule has 3 fully saturated rings. The van der Waals surface area contributed by atoms with Crippen molar-refractivity contribution in [1.82, 2.24) is 30.2 Å². The van der Waals surface area contributed by atoms with Crippen LogP contribution in [0.3, 0.4) is 0 Å². The first-order chi connectivity index (χ1) is 28.6. The van der Waals surface area contributed by atoms with E-state index < -0.39 is 19.9 Å². The van der Waals surface area contributed by atoms with E-state index in [1.54, 1.807) is 12.1 Å². The smallest absolute Gasteiger partial charge is 0.344 e. The van der Waals surface area contributed by atoms with E-state index in [1.807, 2.05) is 28.3 Å². The number of pyridine rings is 1. The molecule has 0 amide bonds. The molecule has 4 N–H and O–H groups in total. The molecule has 8 rings (SSSR count). The highest BCUT2D eigenvalue weighted by Crippen LogP contribution is 2.52. The Hall–Kier alpha value is -3.92. The van der Waals surface area contributed by atoms with Gasteiger partial charge in [0.15, 0.2) is 13.9 Å². The van der Waals surface area contributed by atoms with Crippen molar-refractivity contribution in [3.8, 4) is 5.75 Å². The highest BCUT2D eigenvalue weighted by Gasteiger charge is 2.53. The summed E-state index contributed by atoms with van der Waals surface area (Å²) in [5.74, 6) is -0.470. The van der Waals surface area contributed by atoms with Crippen LogP contribution in [0.15, 0.2) is 64.8 Å². The Labute approximate surface area is 357 Å². The maximum Gasteiger partial charge on any atom is 0.344 e. The van der Waals surface area contributed by atoms with Crippen LogP contribution in [0, 0.1) is 11.3 Å². The summed E-state index contributed by atoms with van der Waals surface area (Å²) in [6.07, 6.45) is 8.42. The van der Waals surface area contributed by atoms with E-state index in [9.17, 15) is 19.8 Å². The number of fused-ring (bicyclic) bond motifs is 2. The number of hydrogen-bond donors (Lipinski definition) is 4. The quantitative estimate of drug-likeness (QED) is 0.0599. The third kappa shape index (κ3) is 8.73. The van der Waals surface area contributed by atoms with Crippen LogP contribution < -0.4 is 10.9 Å². The summed E-state index contributed by atoms with van der Waals surface area (Å²) in [4.78, 5) is 31.7. The minimum Gasteiger partial charge on any atom is -0.506 e. The molecule has 4 heterocycles. The zero-order chi connectivity index (χ0) is 42.3. The average Bonchev–Trinajstić information content (AvgIpc) is 4.01. The molecule has 14 heteroatoms. The predicted molar refractivity (Wildman–Crippen MR) is 239 cm³/mol. The van der Waals surface area contributed by atoms with Crippen LogP contribution in [0.4, 0.5) is 0 Å². The van der Waals surface area contributed by atoms with Crippen LogP contribution in [-0.4, -0.2) is 81.7 Å². The third-order valence-corrected chi connectivity index (χ3v) is 19.7. The van der Waals surface area contributed by atoms with Crippen LogP contribution >= 0.6 is 11.3 Å². The Balaban J connectivity index is 0.813. The van der Waals surface area contributed by atoms with Crippen molar-refractivity contribution in [2.45, 2.75) is 128 Å². The van der Waals surface area contributed by atoms with E-state index in [0.717, 1.165) is 116 Å². The number of phenolic OH excluding ortho intramolecular Hbond substituents is 1. The Morgan fingerprint density at radius 1 is 1.07 bits per heavy atom. The number of ether oxygens (including phenoxy) is 1. The van der Waals surface area contributed by atoms with E-state index in [1.165, 1.54) is 17.4 Å². The van der Waals surface area contributed by atoms with Gasteiger partial charge in [0.1, 0.15) is 17.4 Å². The van der Waals surface area contributed by atoms with Crippen molar-refractivity contribution in [3.63, 3.8) is 0 Å². The number of aromatic nitrogens is 4. The highest BCUT2D eigenvalue weighted by molar-refractivity contribution is 7.10. The van der Waals surface area contributed by atoms with Gasteiger partial charge in [-0.25, -0.2) is 9.48 Å². The summed E-state index contributed by atoms with van der Waals surface area (Å²) in [5.41, 5.74) is 2.80. The number of nitrogens with zero attached hydrogens (tertiary/aromatic N) is 4. The van der Waals surface area contributed by atoms with E-state index in [4.69, 9.17) is 9.16 Å². The van der Waals surface area contributed by atoms with Crippen molar-refractivity contribution in [2.24, 2.45) is 11.3 Å². The molecule has 2 aromatic carbocycles. The van der Waals surface area contributed by atoms with E-state index >= 15 is 0 Å². The molecule has 0 bridgehead atoms. The number of aliphatic hydroxyl groups is 1. The van der Waals surface area contributed by atoms with E-state index in [0.29, 0.717) is 18.6 Å². The van der Waals surface area contributed by atoms with Crippen molar-refractivity contribution < 1.29 is 24.2 Å². The highest BCUT2D eigenvalue weighted by atomic mass is 32.1. The second-order valence-corrected chi connectivity index (χ2v) is 25.0. The minimum absolute atomic E-state index is 0.00529. The Kier molecular flexibility index (Phi) is 12.2. The zero-order valence-corrected chi connectivity index (χ0v) is 37.7. The second-order valence-electron chi connectivity index (χ2n) is 19.3. The number of H-pyrrole nitrogens is 1. The van der Waals surface area contributed by atoms with Gasteiger partial charge in [0.2, 0.25) is 5.56 Å². The number of phenols is 1. The first kappa shape index (κ1) is 42.8. The molecule has 2 aliphatic carbocycles. The maximum absolute atomic E-state index is 13.5. The van der Waals surface area contributed by atoms with Gasteiger partial charge >= 0.3 is 5.97 Å². The number of aromatic hydroxyl groups is 1. The lowest BCUT2D eigenvalue weighted by molar-refractivity contribution is -0.192. The molecule has 1 unspecified atom stereocenters. The van der Waals surface area contributed by atoms with Gasteiger partial charge in [-0.3, -0.25) is 4.79 Å². The molecule has 322 valence electrons. The standard InChI is InChI=1S/C46H62N6O6SSi/c1-44(2,3)60(4,5)58-39(34-14-17-38(53)42-35(34)15-18-41(54)48-42)30-47-29-31-13-16-37-36(26-31)49-50-52(37)22-9-21-51-23-19-45(20-24-51)27-33(28-45)57-43(55)46(56,32-10-6-7-11-32)40-12-8-25-59-40/h8,12-18,25-26,32-33,39,47,53,56H,6-7,9-11,19-24,27-30H2,1-5H3,(H,48,54)/t39-,46?/m0/s1. The normalized spacial score (nSPS) is 19.5. The molecule has 1 saturated heterocycles. The summed E-state index contributed by atoms with van der Waals surface area (Å²) in [6.45, 7) is 16.2. The molecule has 3 aromatic heterocycles. The summed E-state index contributed by atoms with van der Waals surface area (Å²) in [7, 11) is -2.20. The van der Waals surface area contributed by atoms with E-state index in [2.05, 4.69) is 77.6 Å². The number of aromatic amines is 1. The van der Waals surface area contributed by atoms with Crippen LogP contribution in [0.1, 0.15) is 101 Å². The van der Waals surface area contributed by atoms with Crippen LogP contribution in [0.25, 0.3) is 21.9 Å². The average molecular weight is 855 g/mol. The monoisotopic (exact) mass is 854 g/mol. The van der Waals surface area contributed by atoms with Gasteiger partial charge in [0, 0.05) is 41.9 Å². The minimum atomic E-state index is -2.20. The van der Waals surface area contributed by atoms with Crippen molar-refractivity contribution in [2.75, 3.05) is 26.2 Å². The summed E-state index contributed by atoms with van der Waals surface area (Å²) in [5, 5.41) is 37.6. The number of aryl methyl sites for hydroxylation is 1. The van der Waals surface area contributed by atoms with Gasteiger partial charge in [-0.1, -0.05) is 57.0 Å². The number of thiophene rings is 1. The molecule has 60 heavy (non-hydrogen) atoms. The lowest BCUT2D eigenvalue weighted by Gasteiger charge is -2.52. The van der Waals surface area contributed by atoms with Gasteiger partial charge in [-0.15, -0.1) is 16.4 Å². The molecule has 12 nitrogen and oxygen atoms in total. The van der Waals surface area contributed by atoms with Gasteiger partial charge in [-0.05, 0) is 135 Å². The lowest BCUT2D eigenvalue weighted by atomic mass is 9.61. The third-order valence-electron chi connectivity index (χ3n) is 14.2. The number of rotatable bonds is 15. The SMILES string of the molecule is CC(C)(C)[Si](C)(C)O[C@@H](CNCc1ccc2c(c1)nnn2CCCN1CCC2(CC1)CC(OC(=O)C(O)(c1cccs1)C1CCCC1)C2)c1ccc(O)c2[nH]c(=O)ccc12. The molecule has 3 aliphatic rings. The van der Waals surface area contributed by atoms with Crippen molar-refractivity contribution in [3.05, 3.63) is 86.3 Å². The second kappa shape index (κ2) is 17.1. The molecule has 0 radical (unpaired) electrons. The number of hydrogen-bond acceptors (Lipinski definition) is 11. The fourth-order valence-corrected chi connectivity index (χ4v) is 11.7. The molecule has 5 aromatic rings. The Morgan fingerprint density at radius 3 is 2.55 bits per heavy atom. The number of nitrogens with one attached hydrogen (secondary N) is 2. The molecule has 2 atom stereocenters. The van der Waals surface area contributed by atoms with Gasteiger partial charge in [0.05, 0.1) is 17.1 Å². The molecule has 1 spiro atoms. The number of likely N-dealkylation sites (tertiary alicyclic amines) is 1. The Morgan fingerprint density at radius 2 is 1.83 bits per heavy atom. The summed E-state index contributed by atoms with van der Waals surface area (Å²) >= 11 is 1.45. The van der Waals surface area contributed by atoms with E-state index in [-0.39, 0.29) is 39.9 Å².